The van der Waals surface area contributed by atoms with Crippen molar-refractivity contribution in [2.75, 3.05) is 0 Å². The van der Waals surface area contributed by atoms with Crippen molar-refractivity contribution in [3.8, 4) is 0 Å². The molecular formula is C7H3F3N3O4. The SMILES string of the molecule is [NH]c1c([N+](=O)[O-])cc([N+](=O)[O-])cc1C(F)(F)F. The van der Waals surface area contributed by atoms with Gasteiger partial charge in [0.25, 0.3) is 5.69 Å². The van der Waals surface area contributed by atoms with Crippen LogP contribution in [0.5, 0.6) is 0 Å². The first-order valence-electron chi connectivity index (χ1n) is 3.90. The quantitative estimate of drug-likeness (QED) is 0.592. The third-order valence-electron chi connectivity index (χ3n) is 1.82. The van der Waals surface area contributed by atoms with E-state index in [1.165, 1.54) is 0 Å². The third kappa shape index (κ3) is 2.41. The van der Waals surface area contributed by atoms with Crippen molar-refractivity contribution < 1.29 is 23.0 Å². The van der Waals surface area contributed by atoms with Gasteiger partial charge in [-0.15, -0.1) is 0 Å². The summed E-state index contributed by atoms with van der Waals surface area (Å²) < 4.78 is 37.1. The lowest BCUT2D eigenvalue weighted by Gasteiger charge is -2.08. The molecule has 0 atom stereocenters. The number of nitro groups is 2. The molecule has 1 rings (SSSR count). The Labute approximate surface area is 90.9 Å². The molecule has 0 aliphatic rings. The Balaban J connectivity index is 3.60. The lowest BCUT2D eigenvalue weighted by molar-refractivity contribution is -0.394. The summed E-state index contributed by atoms with van der Waals surface area (Å²) >= 11 is 0. The maximum atomic E-state index is 12.4. The number of nitrogens with one attached hydrogen (secondary N) is 1. The first-order valence-corrected chi connectivity index (χ1v) is 3.90. The minimum atomic E-state index is -5.06. The molecule has 0 saturated carbocycles. The average Bonchev–Trinajstić information content (AvgIpc) is 2.15. The number of hydrogen-bond donors (Lipinski definition) is 0. The molecular weight excluding hydrogens is 247 g/mol. The predicted octanol–water partition coefficient (Wildman–Crippen LogP) is 2.44. The van der Waals surface area contributed by atoms with Gasteiger partial charge in [-0.25, -0.2) is 0 Å². The number of nitrogens with zero attached hydrogens (tertiary/aromatic N) is 2. The zero-order chi connectivity index (χ0) is 13.4. The van der Waals surface area contributed by atoms with Crippen LogP contribution < -0.4 is 5.73 Å². The molecule has 17 heavy (non-hydrogen) atoms. The number of non-ortho nitro benzene ring substituents is 1. The molecule has 0 amide bonds. The third-order valence-corrected chi connectivity index (χ3v) is 1.82. The van der Waals surface area contributed by atoms with Crippen molar-refractivity contribution in [3.05, 3.63) is 37.9 Å². The van der Waals surface area contributed by atoms with E-state index >= 15 is 0 Å². The molecule has 0 bridgehead atoms. The van der Waals surface area contributed by atoms with Crippen LogP contribution in [-0.2, 0) is 6.18 Å². The van der Waals surface area contributed by atoms with E-state index in [-0.39, 0.29) is 6.07 Å². The molecule has 0 fully saturated rings. The number of halogens is 3. The second-order valence-corrected chi connectivity index (χ2v) is 2.90. The molecule has 91 valence electrons. The summed E-state index contributed by atoms with van der Waals surface area (Å²) in [6, 6.07) is 0.410. The molecule has 10 heteroatoms. The lowest BCUT2D eigenvalue weighted by atomic mass is 10.1. The molecule has 1 aromatic rings. The molecule has 1 aromatic carbocycles. The number of nitro benzene ring substituents is 2. The monoisotopic (exact) mass is 250 g/mol. The Hall–Kier alpha value is -2.39. The molecule has 0 aliphatic heterocycles. The van der Waals surface area contributed by atoms with Crippen molar-refractivity contribution in [2.45, 2.75) is 6.18 Å². The maximum absolute atomic E-state index is 12.4. The normalized spacial score (nSPS) is 11.2. The summed E-state index contributed by atoms with van der Waals surface area (Å²) in [6.07, 6.45) is -5.06. The van der Waals surface area contributed by atoms with Crippen molar-refractivity contribution >= 4 is 17.1 Å². The van der Waals surface area contributed by atoms with Gasteiger partial charge in [-0.2, -0.15) is 13.2 Å². The Morgan fingerprint density at radius 3 is 2.00 bits per heavy atom. The Morgan fingerprint density at radius 2 is 1.65 bits per heavy atom. The van der Waals surface area contributed by atoms with Crippen molar-refractivity contribution in [3.63, 3.8) is 0 Å². The van der Waals surface area contributed by atoms with Gasteiger partial charge in [-0.05, 0) is 0 Å². The minimum Gasteiger partial charge on any atom is -0.294 e. The highest BCUT2D eigenvalue weighted by molar-refractivity contribution is 5.66. The zero-order valence-electron chi connectivity index (χ0n) is 7.82. The van der Waals surface area contributed by atoms with Gasteiger partial charge < -0.3 is 0 Å². The Kier molecular flexibility index (Phi) is 2.90. The highest BCUT2D eigenvalue weighted by Gasteiger charge is 2.38. The minimum absolute atomic E-state index is 0.0926. The van der Waals surface area contributed by atoms with E-state index in [1.807, 2.05) is 0 Å². The Morgan fingerprint density at radius 1 is 1.12 bits per heavy atom. The lowest BCUT2D eigenvalue weighted by Crippen LogP contribution is -2.08. The molecule has 0 saturated heterocycles. The number of hydrogen-bond acceptors (Lipinski definition) is 4. The summed E-state index contributed by atoms with van der Waals surface area (Å²) in [5.41, 5.74) is 1.54. The van der Waals surface area contributed by atoms with Gasteiger partial charge in [0.05, 0.1) is 21.5 Å². The fourth-order valence-electron chi connectivity index (χ4n) is 1.08. The van der Waals surface area contributed by atoms with Crippen LogP contribution >= 0.6 is 0 Å². The van der Waals surface area contributed by atoms with E-state index in [0.29, 0.717) is 6.07 Å². The van der Waals surface area contributed by atoms with Gasteiger partial charge in [-0.1, -0.05) is 0 Å². The van der Waals surface area contributed by atoms with Gasteiger partial charge in [0.2, 0.25) is 0 Å². The van der Waals surface area contributed by atoms with Crippen LogP contribution in [0.1, 0.15) is 5.56 Å². The number of benzene rings is 1. The summed E-state index contributed by atoms with van der Waals surface area (Å²) in [5, 5.41) is 20.7. The van der Waals surface area contributed by atoms with Gasteiger partial charge in [0.1, 0.15) is 5.69 Å². The maximum Gasteiger partial charge on any atom is 0.418 e. The van der Waals surface area contributed by atoms with Crippen LogP contribution in [0.3, 0.4) is 0 Å². The highest BCUT2D eigenvalue weighted by Crippen LogP contribution is 2.41. The topological polar surface area (TPSA) is 110 Å². The van der Waals surface area contributed by atoms with Crippen LogP contribution in [0.25, 0.3) is 0 Å². The van der Waals surface area contributed by atoms with Gasteiger partial charge >= 0.3 is 11.9 Å². The molecule has 0 aromatic heterocycles. The second kappa shape index (κ2) is 3.88. The summed E-state index contributed by atoms with van der Waals surface area (Å²) in [4.78, 5) is 18.2. The smallest absolute Gasteiger partial charge is 0.294 e. The average molecular weight is 250 g/mol. The molecule has 0 unspecified atom stereocenters. The van der Waals surface area contributed by atoms with E-state index in [1.54, 1.807) is 0 Å². The molecule has 0 aliphatic carbocycles. The first-order chi connectivity index (χ1) is 7.64. The van der Waals surface area contributed by atoms with Gasteiger partial charge in [-0.3, -0.25) is 26.0 Å². The van der Waals surface area contributed by atoms with Crippen molar-refractivity contribution in [2.24, 2.45) is 0 Å². The van der Waals surface area contributed by atoms with Gasteiger partial charge in [0, 0.05) is 6.07 Å². The molecule has 0 heterocycles. The molecule has 7 nitrogen and oxygen atoms in total. The summed E-state index contributed by atoms with van der Waals surface area (Å²) in [6.45, 7) is 0. The van der Waals surface area contributed by atoms with E-state index in [9.17, 15) is 33.4 Å². The highest BCUT2D eigenvalue weighted by atomic mass is 19.4. The van der Waals surface area contributed by atoms with Crippen LogP contribution in [0, 0.1) is 20.2 Å². The summed E-state index contributed by atoms with van der Waals surface area (Å²) in [5.74, 6) is 0. The number of alkyl halides is 3. The zero-order valence-corrected chi connectivity index (χ0v) is 7.82. The van der Waals surface area contributed by atoms with E-state index in [2.05, 4.69) is 0 Å². The summed E-state index contributed by atoms with van der Waals surface area (Å²) in [7, 11) is 0. The fourth-order valence-corrected chi connectivity index (χ4v) is 1.08. The number of rotatable bonds is 2. The molecule has 0 spiro atoms. The standard InChI is InChI=1S/C7H3F3N3O4/c8-7(9,10)4-1-3(12(14)15)2-5(6(4)11)13(16)17/h1-2,11H. The molecule has 1 radical (unpaired) electrons. The fraction of sp³-hybridized carbons (Fsp3) is 0.143. The van der Waals surface area contributed by atoms with Gasteiger partial charge in [0.15, 0.2) is 0 Å². The Bertz CT molecular complexity index is 500. The van der Waals surface area contributed by atoms with Crippen LogP contribution in [0.2, 0.25) is 0 Å². The van der Waals surface area contributed by atoms with Crippen LogP contribution in [0.4, 0.5) is 30.2 Å². The first kappa shape index (κ1) is 12.7. The second-order valence-electron chi connectivity index (χ2n) is 2.90. The molecule has 1 N–H and O–H groups in total. The largest absolute Gasteiger partial charge is 0.418 e. The van der Waals surface area contributed by atoms with Crippen molar-refractivity contribution in [1.82, 2.24) is 5.73 Å². The van der Waals surface area contributed by atoms with E-state index in [0.717, 1.165) is 0 Å². The predicted molar refractivity (Wildman–Crippen MR) is 47.5 cm³/mol. The van der Waals surface area contributed by atoms with E-state index in [4.69, 9.17) is 5.73 Å². The van der Waals surface area contributed by atoms with Crippen molar-refractivity contribution in [1.29, 1.82) is 0 Å². The van der Waals surface area contributed by atoms with E-state index < -0.39 is 38.6 Å². The van der Waals surface area contributed by atoms with Crippen LogP contribution in [-0.4, -0.2) is 9.85 Å². The van der Waals surface area contributed by atoms with Crippen LogP contribution in [0.15, 0.2) is 12.1 Å².